The number of nitrogens with one attached hydrogen (secondary N) is 1. The first-order valence-corrected chi connectivity index (χ1v) is 7.24. The Morgan fingerprint density at radius 2 is 2.12 bits per heavy atom. The first-order chi connectivity index (χ1) is 11.6. The minimum atomic E-state index is -0.688. The molecule has 1 amide bonds. The van der Waals surface area contributed by atoms with Crippen LogP contribution >= 0.6 is 0 Å². The molecule has 24 heavy (non-hydrogen) atoms. The highest BCUT2D eigenvalue weighted by Gasteiger charge is 2.15. The number of aromatic nitrogens is 1. The molecule has 7 heteroatoms. The van der Waals surface area contributed by atoms with E-state index in [2.05, 4.69) is 10.3 Å². The number of para-hydroxylation sites is 1. The van der Waals surface area contributed by atoms with Crippen LogP contribution < -0.4 is 10.7 Å². The van der Waals surface area contributed by atoms with E-state index >= 15 is 0 Å². The van der Waals surface area contributed by atoms with Crippen molar-refractivity contribution in [3.05, 3.63) is 52.8 Å². The van der Waals surface area contributed by atoms with Crippen LogP contribution in [0.25, 0.3) is 22.3 Å². The maximum absolute atomic E-state index is 12.2. The third kappa shape index (κ3) is 3.05. The number of hydrogen-bond donors (Lipinski definition) is 2. The Kier molecular flexibility index (Phi) is 4.15. The van der Waals surface area contributed by atoms with Crippen LogP contribution in [0.3, 0.4) is 0 Å². The molecule has 2 aromatic heterocycles. The van der Waals surface area contributed by atoms with Crippen LogP contribution in [0.2, 0.25) is 0 Å². The monoisotopic (exact) mass is 326 g/mol. The number of hydrogen-bond acceptors (Lipinski definition) is 6. The van der Waals surface area contributed by atoms with Crippen molar-refractivity contribution in [1.82, 2.24) is 4.98 Å². The number of carbonyl (C=O) groups excluding carboxylic acids is 1. The molecule has 7 nitrogen and oxygen atoms in total. The van der Waals surface area contributed by atoms with Gasteiger partial charge in [-0.1, -0.05) is 12.1 Å². The fourth-order valence-electron chi connectivity index (χ4n) is 2.26. The van der Waals surface area contributed by atoms with Crippen LogP contribution in [0.5, 0.6) is 5.88 Å². The first kappa shape index (κ1) is 15.5. The molecule has 0 saturated carbocycles. The number of fused-ring (bicyclic) bond motifs is 1. The van der Waals surface area contributed by atoms with Gasteiger partial charge in [0.1, 0.15) is 11.3 Å². The standard InChI is InChI=1S/C17H14N2O5/c1-2-23-17(22)19-12-7-16(21)18-9-11(12)15-8-13(20)10-5-3-4-6-14(10)24-15/h3-9H,2H2,1H3,(H2,18,19,21,22). The third-order valence-electron chi connectivity index (χ3n) is 3.30. The second-order valence-electron chi connectivity index (χ2n) is 4.90. The molecule has 2 N–H and O–H groups in total. The van der Waals surface area contributed by atoms with Gasteiger partial charge in [0, 0.05) is 18.3 Å². The third-order valence-corrected chi connectivity index (χ3v) is 3.30. The van der Waals surface area contributed by atoms with Gasteiger partial charge in [0.05, 0.1) is 23.2 Å². The fraction of sp³-hybridized carbons (Fsp3) is 0.118. The Morgan fingerprint density at radius 3 is 2.92 bits per heavy atom. The Morgan fingerprint density at radius 1 is 1.33 bits per heavy atom. The van der Waals surface area contributed by atoms with Crippen molar-refractivity contribution in [1.29, 1.82) is 0 Å². The molecule has 0 aliphatic rings. The van der Waals surface area contributed by atoms with Gasteiger partial charge in [0.15, 0.2) is 5.43 Å². The van der Waals surface area contributed by atoms with Gasteiger partial charge < -0.3 is 14.3 Å². The summed E-state index contributed by atoms with van der Waals surface area (Å²) in [6.45, 7) is 1.87. The molecule has 122 valence electrons. The molecule has 0 aliphatic heterocycles. The summed E-state index contributed by atoms with van der Waals surface area (Å²) in [7, 11) is 0. The molecular weight excluding hydrogens is 312 g/mol. The summed E-state index contributed by atoms with van der Waals surface area (Å²) in [5.41, 5.74) is 0.764. The smallest absolute Gasteiger partial charge is 0.411 e. The minimum absolute atomic E-state index is 0.198. The molecule has 0 saturated heterocycles. The summed E-state index contributed by atoms with van der Waals surface area (Å²) in [5, 5.41) is 12.5. The Labute approximate surface area is 136 Å². The summed E-state index contributed by atoms with van der Waals surface area (Å²) in [4.78, 5) is 27.7. The van der Waals surface area contributed by atoms with Gasteiger partial charge in [0.25, 0.3) is 0 Å². The molecule has 3 rings (SSSR count). The molecular formula is C17H14N2O5. The number of nitrogens with zero attached hydrogens (tertiary/aromatic N) is 1. The van der Waals surface area contributed by atoms with E-state index in [0.29, 0.717) is 16.5 Å². The number of benzene rings is 1. The number of anilines is 1. The number of amides is 1. The van der Waals surface area contributed by atoms with Crippen molar-refractivity contribution in [2.45, 2.75) is 6.92 Å². The highest BCUT2D eigenvalue weighted by atomic mass is 16.5. The minimum Gasteiger partial charge on any atom is -0.493 e. The second-order valence-corrected chi connectivity index (χ2v) is 4.90. The highest BCUT2D eigenvalue weighted by molar-refractivity contribution is 5.91. The van der Waals surface area contributed by atoms with E-state index in [4.69, 9.17) is 9.15 Å². The molecule has 0 spiro atoms. The molecule has 0 radical (unpaired) electrons. The predicted molar refractivity (Wildman–Crippen MR) is 88.0 cm³/mol. The lowest BCUT2D eigenvalue weighted by molar-refractivity contribution is 0.168. The van der Waals surface area contributed by atoms with Gasteiger partial charge >= 0.3 is 6.09 Å². The van der Waals surface area contributed by atoms with E-state index in [1.54, 1.807) is 31.2 Å². The highest BCUT2D eigenvalue weighted by Crippen LogP contribution is 2.30. The van der Waals surface area contributed by atoms with Gasteiger partial charge in [-0.15, -0.1) is 0 Å². The summed E-state index contributed by atoms with van der Waals surface area (Å²) >= 11 is 0. The average molecular weight is 326 g/mol. The van der Waals surface area contributed by atoms with Gasteiger partial charge in [-0.3, -0.25) is 10.1 Å². The summed E-state index contributed by atoms with van der Waals surface area (Å²) < 4.78 is 10.6. The van der Waals surface area contributed by atoms with Crippen LogP contribution in [-0.4, -0.2) is 22.8 Å². The van der Waals surface area contributed by atoms with Gasteiger partial charge in [0.2, 0.25) is 5.88 Å². The van der Waals surface area contributed by atoms with E-state index in [-0.39, 0.29) is 29.4 Å². The lowest BCUT2D eigenvalue weighted by Crippen LogP contribution is -2.14. The Bertz CT molecular complexity index is 965. The van der Waals surface area contributed by atoms with Crippen LogP contribution in [0.4, 0.5) is 10.5 Å². The quantitative estimate of drug-likeness (QED) is 0.766. The zero-order valence-electron chi connectivity index (χ0n) is 12.8. The van der Waals surface area contributed by atoms with Crippen LogP contribution in [0.15, 0.2) is 51.8 Å². The van der Waals surface area contributed by atoms with Crippen molar-refractivity contribution >= 4 is 22.7 Å². The number of pyridine rings is 1. The van der Waals surface area contributed by atoms with Gasteiger partial charge in [-0.05, 0) is 19.1 Å². The van der Waals surface area contributed by atoms with Crippen molar-refractivity contribution in [2.75, 3.05) is 11.9 Å². The molecule has 3 aromatic rings. The summed E-state index contributed by atoms with van der Waals surface area (Å²) in [6, 6.07) is 9.40. The molecule has 0 bridgehead atoms. The zero-order chi connectivity index (χ0) is 17.1. The van der Waals surface area contributed by atoms with Crippen molar-refractivity contribution in [3.8, 4) is 17.2 Å². The van der Waals surface area contributed by atoms with Crippen LogP contribution in [-0.2, 0) is 4.74 Å². The Hall–Kier alpha value is -3.35. The van der Waals surface area contributed by atoms with E-state index in [1.807, 2.05) is 0 Å². The lowest BCUT2D eigenvalue weighted by atomic mass is 10.1. The molecule has 0 aliphatic carbocycles. The number of rotatable bonds is 3. The zero-order valence-corrected chi connectivity index (χ0v) is 12.8. The number of aromatic hydroxyl groups is 1. The topological polar surface area (TPSA) is 102 Å². The first-order valence-electron chi connectivity index (χ1n) is 7.24. The van der Waals surface area contributed by atoms with Crippen molar-refractivity contribution in [3.63, 3.8) is 0 Å². The SMILES string of the molecule is CCOC(=O)Nc1cc(O)ncc1-c1cc(=O)c2ccccc2o1. The number of ether oxygens (including phenoxy) is 1. The average Bonchev–Trinajstić information content (AvgIpc) is 2.55. The maximum Gasteiger partial charge on any atom is 0.411 e. The van der Waals surface area contributed by atoms with E-state index in [9.17, 15) is 14.7 Å². The molecule has 0 fully saturated rings. The fourth-order valence-corrected chi connectivity index (χ4v) is 2.26. The predicted octanol–water partition coefficient (Wildman–Crippen LogP) is 3.13. The summed E-state index contributed by atoms with van der Waals surface area (Å²) in [6.07, 6.45) is 0.622. The Balaban J connectivity index is 2.12. The van der Waals surface area contributed by atoms with E-state index < -0.39 is 6.09 Å². The van der Waals surface area contributed by atoms with Gasteiger partial charge in [-0.2, -0.15) is 0 Å². The number of carbonyl (C=O) groups is 1. The van der Waals surface area contributed by atoms with Gasteiger partial charge in [-0.25, -0.2) is 9.78 Å². The largest absolute Gasteiger partial charge is 0.493 e. The molecule has 0 atom stereocenters. The van der Waals surface area contributed by atoms with Crippen molar-refractivity contribution in [2.24, 2.45) is 0 Å². The molecule has 0 unspecified atom stereocenters. The normalized spacial score (nSPS) is 10.5. The molecule has 2 heterocycles. The lowest BCUT2D eigenvalue weighted by Gasteiger charge is -2.11. The van der Waals surface area contributed by atoms with Crippen LogP contribution in [0, 0.1) is 0 Å². The molecule has 1 aromatic carbocycles. The van der Waals surface area contributed by atoms with E-state index in [1.165, 1.54) is 18.3 Å². The van der Waals surface area contributed by atoms with Crippen LogP contribution in [0.1, 0.15) is 6.92 Å². The second kappa shape index (κ2) is 6.41. The van der Waals surface area contributed by atoms with Crippen molar-refractivity contribution < 1.29 is 19.1 Å². The van der Waals surface area contributed by atoms with E-state index in [0.717, 1.165) is 0 Å². The summed E-state index contributed by atoms with van der Waals surface area (Å²) in [5.74, 6) is -0.0633. The maximum atomic E-state index is 12.2.